The van der Waals surface area contributed by atoms with Crippen LogP contribution in [0.4, 0.5) is 5.69 Å². The molecule has 4 nitrogen and oxygen atoms in total. The van der Waals surface area contributed by atoms with Gasteiger partial charge in [0.15, 0.2) is 0 Å². The SMILES string of the molecule is C\C=C/C=C\C=C\Oc1ccccc1CC(=O)N1CCN(c2ccc(Cl)cc2Cl)C(c2ccc(Cl)cc2)C1. The standard InChI is InChI=1S/C31H29Cl3N2O2/c1-2-3-4-5-8-19-38-30-10-7-6-9-24(30)20-31(37)35-17-18-36(28-16-15-26(33)21-27(28)34)29(22-35)23-11-13-25(32)14-12-23/h2-16,19,21,29H,17-18,20,22H2,1H3/b3-2-,5-4-,19-8+. The van der Waals surface area contributed by atoms with Crippen molar-refractivity contribution in [2.45, 2.75) is 19.4 Å². The van der Waals surface area contributed by atoms with E-state index in [1.807, 2.05) is 103 Å². The maximum Gasteiger partial charge on any atom is 0.227 e. The summed E-state index contributed by atoms with van der Waals surface area (Å²) in [5.41, 5.74) is 2.78. The van der Waals surface area contributed by atoms with E-state index < -0.39 is 0 Å². The van der Waals surface area contributed by atoms with Crippen molar-refractivity contribution in [1.29, 1.82) is 0 Å². The number of nitrogens with zero attached hydrogens (tertiary/aromatic N) is 2. The number of halogens is 3. The van der Waals surface area contributed by atoms with Gasteiger partial charge in [0, 0.05) is 35.2 Å². The molecule has 1 fully saturated rings. The molecule has 1 atom stereocenters. The molecule has 0 aromatic heterocycles. The molecule has 1 amide bonds. The fourth-order valence-corrected chi connectivity index (χ4v) is 5.06. The fraction of sp³-hybridized carbons (Fsp3) is 0.194. The Hall–Kier alpha value is -3.18. The zero-order valence-electron chi connectivity index (χ0n) is 21.1. The Balaban J connectivity index is 1.52. The third-order valence-electron chi connectivity index (χ3n) is 6.32. The molecular formula is C31H29Cl3N2O2. The molecule has 0 aliphatic carbocycles. The smallest absolute Gasteiger partial charge is 0.227 e. The molecule has 0 radical (unpaired) electrons. The summed E-state index contributed by atoms with van der Waals surface area (Å²) in [4.78, 5) is 17.6. The first-order chi connectivity index (χ1) is 18.5. The summed E-state index contributed by atoms with van der Waals surface area (Å²) in [6.45, 7) is 3.67. The Morgan fingerprint density at radius 1 is 0.921 bits per heavy atom. The molecule has 1 unspecified atom stereocenters. The van der Waals surface area contributed by atoms with Crippen molar-refractivity contribution in [1.82, 2.24) is 4.90 Å². The van der Waals surface area contributed by atoms with E-state index >= 15 is 0 Å². The van der Waals surface area contributed by atoms with E-state index in [0.717, 1.165) is 16.8 Å². The van der Waals surface area contributed by atoms with E-state index in [-0.39, 0.29) is 18.4 Å². The molecular weight excluding hydrogens is 539 g/mol. The van der Waals surface area contributed by atoms with Crippen LogP contribution in [0.2, 0.25) is 15.1 Å². The minimum atomic E-state index is -0.0953. The largest absolute Gasteiger partial charge is 0.465 e. The summed E-state index contributed by atoms with van der Waals surface area (Å²) in [6.07, 6.45) is 11.4. The molecule has 3 aromatic rings. The van der Waals surface area contributed by atoms with Crippen LogP contribution in [-0.2, 0) is 11.2 Å². The van der Waals surface area contributed by atoms with Gasteiger partial charge in [-0.05, 0) is 55.0 Å². The first kappa shape index (κ1) is 27.8. The van der Waals surface area contributed by atoms with Crippen molar-refractivity contribution in [3.8, 4) is 5.75 Å². The third kappa shape index (κ3) is 7.22. The number of rotatable bonds is 8. The highest BCUT2D eigenvalue weighted by molar-refractivity contribution is 6.36. The number of piperazine rings is 1. The van der Waals surface area contributed by atoms with Crippen LogP contribution in [0, 0.1) is 0 Å². The van der Waals surface area contributed by atoms with Crippen molar-refractivity contribution in [3.05, 3.63) is 130 Å². The summed E-state index contributed by atoms with van der Waals surface area (Å²) in [6, 6.07) is 20.8. The molecule has 1 heterocycles. The predicted molar refractivity (Wildman–Crippen MR) is 158 cm³/mol. The number of anilines is 1. The molecule has 0 bridgehead atoms. The monoisotopic (exact) mass is 566 g/mol. The lowest BCUT2D eigenvalue weighted by atomic mass is 10.0. The molecule has 7 heteroatoms. The van der Waals surface area contributed by atoms with E-state index in [1.165, 1.54) is 0 Å². The number of amides is 1. The molecule has 1 aliphatic heterocycles. The van der Waals surface area contributed by atoms with E-state index in [2.05, 4.69) is 4.90 Å². The lowest BCUT2D eigenvalue weighted by molar-refractivity contribution is -0.131. The second-order valence-corrected chi connectivity index (χ2v) is 10.1. The quantitative estimate of drug-likeness (QED) is 0.203. The van der Waals surface area contributed by atoms with E-state index in [1.54, 1.807) is 12.3 Å². The van der Waals surface area contributed by atoms with Crippen molar-refractivity contribution in [3.63, 3.8) is 0 Å². The Morgan fingerprint density at radius 2 is 1.66 bits per heavy atom. The second-order valence-electron chi connectivity index (χ2n) is 8.84. The molecule has 196 valence electrons. The highest BCUT2D eigenvalue weighted by atomic mass is 35.5. The third-order valence-corrected chi connectivity index (χ3v) is 7.11. The van der Waals surface area contributed by atoms with E-state index in [9.17, 15) is 4.79 Å². The first-order valence-corrected chi connectivity index (χ1v) is 13.5. The molecule has 0 N–H and O–H groups in total. The highest BCUT2D eigenvalue weighted by Crippen LogP contribution is 2.37. The summed E-state index contributed by atoms with van der Waals surface area (Å²) >= 11 is 18.9. The van der Waals surface area contributed by atoms with Gasteiger partial charge in [-0.15, -0.1) is 0 Å². The van der Waals surface area contributed by atoms with Crippen molar-refractivity contribution < 1.29 is 9.53 Å². The summed E-state index contributed by atoms with van der Waals surface area (Å²) in [7, 11) is 0. The van der Waals surface area contributed by atoms with Gasteiger partial charge >= 0.3 is 0 Å². The predicted octanol–water partition coefficient (Wildman–Crippen LogP) is 8.30. The van der Waals surface area contributed by atoms with Crippen LogP contribution < -0.4 is 9.64 Å². The van der Waals surface area contributed by atoms with Crippen molar-refractivity contribution in [2.75, 3.05) is 24.5 Å². The number of benzene rings is 3. The number of ether oxygens (including phenoxy) is 1. The molecule has 0 saturated carbocycles. The lowest BCUT2D eigenvalue weighted by Crippen LogP contribution is -2.51. The minimum Gasteiger partial charge on any atom is -0.465 e. The van der Waals surface area contributed by atoms with Gasteiger partial charge in [-0.3, -0.25) is 4.79 Å². The maximum absolute atomic E-state index is 13.5. The number of carbonyl (C=O) groups excluding carboxylic acids is 1. The van der Waals surface area contributed by atoms with Gasteiger partial charge in [0.25, 0.3) is 0 Å². The van der Waals surface area contributed by atoms with Crippen molar-refractivity contribution in [2.24, 2.45) is 0 Å². The number of hydrogen-bond acceptors (Lipinski definition) is 3. The van der Waals surface area contributed by atoms with Crippen molar-refractivity contribution >= 4 is 46.4 Å². The van der Waals surface area contributed by atoms with Gasteiger partial charge in [0.2, 0.25) is 5.91 Å². The van der Waals surface area contributed by atoms with Gasteiger partial charge in [0.05, 0.1) is 29.4 Å². The topological polar surface area (TPSA) is 32.8 Å². The molecule has 0 spiro atoms. The Labute approximate surface area is 239 Å². The zero-order chi connectivity index (χ0) is 26.9. The highest BCUT2D eigenvalue weighted by Gasteiger charge is 2.32. The van der Waals surface area contributed by atoms with Crippen LogP contribution in [0.25, 0.3) is 0 Å². The Kier molecular flexibility index (Phi) is 9.94. The van der Waals surface area contributed by atoms with Crippen LogP contribution in [-0.4, -0.2) is 30.4 Å². The number of para-hydroxylation sites is 1. The molecule has 1 aliphatic rings. The molecule has 38 heavy (non-hydrogen) atoms. The summed E-state index contributed by atoms with van der Waals surface area (Å²) in [5, 5.41) is 1.83. The zero-order valence-corrected chi connectivity index (χ0v) is 23.3. The van der Waals surface area contributed by atoms with Gasteiger partial charge < -0.3 is 14.5 Å². The van der Waals surface area contributed by atoms with Crippen LogP contribution in [0.3, 0.4) is 0 Å². The average Bonchev–Trinajstić information content (AvgIpc) is 2.92. The number of hydrogen-bond donors (Lipinski definition) is 0. The molecule has 3 aromatic carbocycles. The van der Waals surface area contributed by atoms with E-state index in [0.29, 0.717) is 40.5 Å². The Morgan fingerprint density at radius 3 is 2.42 bits per heavy atom. The fourth-order valence-electron chi connectivity index (χ4n) is 4.42. The number of allylic oxidation sites excluding steroid dienone is 5. The van der Waals surface area contributed by atoms with Crippen LogP contribution in [0.1, 0.15) is 24.1 Å². The van der Waals surface area contributed by atoms with Crippen LogP contribution in [0.15, 0.2) is 103 Å². The Bertz CT molecular complexity index is 1340. The van der Waals surface area contributed by atoms with Gasteiger partial charge in [-0.1, -0.05) is 89.4 Å². The average molecular weight is 568 g/mol. The summed E-state index contributed by atoms with van der Waals surface area (Å²) in [5.74, 6) is 0.705. The van der Waals surface area contributed by atoms with Crippen LogP contribution in [0.5, 0.6) is 5.75 Å². The van der Waals surface area contributed by atoms with E-state index in [4.69, 9.17) is 39.5 Å². The van der Waals surface area contributed by atoms with Crippen LogP contribution >= 0.6 is 34.8 Å². The normalized spacial score (nSPS) is 16.2. The first-order valence-electron chi connectivity index (χ1n) is 12.4. The second kappa shape index (κ2) is 13.6. The molecule has 1 saturated heterocycles. The molecule has 4 rings (SSSR count). The van der Waals surface area contributed by atoms with Gasteiger partial charge in [-0.25, -0.2) is 0 Å². The van der Waals surface area contributed by atoms with Gasteiger partial charge in [-0.2, -0.15) is 0 Å². The lowest BCUT2D eigenvalue weighted by Gasteiger charge is -2.43. The van der Waals surface area contributed by atoms with Gasteiger partial charge in [0.1, 0.15) is 5.75 Å². The maximum atomic E-state index is 13.5. The summed E-state index contributed by atoms with van der Waals surface area (Å²) < 4.78 is 5.83. The number of carbonyl (C=O) groups is 1. The minimum absolute atomic E-state index is 0.0406.